The summed E-state index contributed by atoms with van der Waals surface area (Å²) < 4.78 is 27.1. The molecule has 0 saturated carbocycles. The van der Waals surface area contributed by atoms with Crippen LogP contribution in [0.4, 0.5) is 14.5 Å². The van der Waals surface area contributed by atoms with Crippen LogP contribution in [0, 0.1) is 18.2 Å². The van der Waals surface area contributed by atoms with Gasteiger partial charge in [-0.05, 0) is 70.8 Å². The predicted octanol–water partition coefficient (Wildman–Crippen LogP) is 9.04. The average Bonchev–Trinajstić information content (AvgIpc) is 3.02. The molecule has 1 aromatic heterocycles. The Hall–Kier alpha value is -5.54. The largest absolute Gasteiger partial charge is 0.238 e. The Morgan fingerprint density at radius 3 is 0.925 bits per heavy atom. The van der Waals surface area contributed by atoms with Crippen LogP contribution < -0.4 is 0 Å². The van der Waals surface area contributed by atoms with E-state index < -0.39 is 0 Å². The van der Waals surface area contributed by atoms with E-state index in [4.69, 9.17) is 6.57 Å². The molecule has 0 radical (unpaired) electrons. The summed E-state index contributed by atoms with van der Waals surface area (Å²) in [5.74, 6) is 0.553. The van der Waals surface area contributed by atoms with Crippen LogP contribution in [0.3, 0.4) is 0 Å². The van der Waals surface area contributed by atoms with Gasteiger partial charge in [0.15, 0.2) is 23.2 Å². The van der Waals surface area contributed by atoms with E-state index >= 15 is 0 Å². The zero-order valence-corrected chi connectivity index (χ0v) is 21.1. The van der Waals surface area contributed by atoms with Gasteiger partial charge in [0.2, 0.25) is 0 Å². The molecule has 190 valence electrons. The van der Waals surface area contributed by atoms with Crippen molar-refractivity contribution >= 4 is 5.69 Å². The highest BCUT2D eigenvalue weighted by atomic mass is 19.1. The lowest BCUT2D eigenvalue weighted by atomic mass is 9.99. The Balaban J connectivity index is 1.33. The molecule has 6 heteroatoms. The number of hydrogen-bond donors (Lipinski definition) is 0. The molecular formula is C34H20F2N4. The van der Waals surface area contributed by atoms with Crippen molar-refractivity contribution in [2.45, 2.75) is 0 Å². The maximum atomic E-state index is 13.5. The van der Waals surface area contributed by atoms with Crippen molar-refractivity contribution in [2.75, 3.05) is 0 Å². The van der Waals surface area contributed by atoms with Gasteiger partial charge in [0.05, 0.1) is 6.57 Å². The first-order valence-electron chi connectivity index (χ1n) is 12.5. The van der Waals surface area contributed by atoms with Gasteiger partial charge in [0, 0.05) is 16.7 Å². The summed E-state index contributed by atoms with van der Waals surface area (Å²) in [5.41, 5.74) is 6.92. The van der Waals surface area contributed by atoms with E-state index in [1.807, 2.05) is 48.5 Å². The van der Waals surface area contributed by atoms with E-state index in [1.165, 1.54) is 24.3 Å². The zero-order valence-electron chi connectivity index (χ0n) is 21.1. The van der Waals surface area contributed by atoms with Crippen molar-refractivity contribution in [3.8, 4) is 56.4 Å². The molecule has 6 aromatic rings. The van der Waals surface area contributed by atoms with Crippen LogP contribution in [0.15, 0.2) is 121 Å². The van der Waals surface area contributed by atoms with E-state index in [2.05, 4.69) is 44.1 Å². The third-order valence-corrected chi connectivity index (χ3v) is 6.53. The fraction of sp³-hybridized carbons (Fsp3) is 0. The summed E-state index contributed by atoms with van der Waals surface area (Å²) in [7, 11) is 0. The Kier molecular flexibility index (Phi) is 6.61. The summed E-state index contributed by atoms with van der Waals surface area (Å²) in [6, 6.07) is 35.6. The lowest BCUT2D eigenvalue weighted by Gasteiger charge is -2.09. The molecule has 0 unspecified atom stereocenters. The van der Waals surface area contributed by atoms with Gasteiger partial charge in [0.1, 0.15) is 11.6 Å². The maximum Gasteiger partial charge on any atom is 0.187 e. The second-order valence-corrected chi connectivity index (χ2v) is 9.13. The monoisotopic (exact) mass is 522 g/mol. The molecule has 5 aromatic carbocycles. The fourth-order valence-corrected chi connectivity index (χ4v) is 4.36. The van der Waals surface area contributed by atoms with Crippen LogP contribution in [0.25, 0.3) is 61.3 Å². The number of benzene rings is 5. The van der Waals surface area contributed by atoms with Crippen molar-refractivity contribution in [1.29, 1.82) is 0 Å². The zero-order chi connectivity index (χ0) is 27.5. The van der Waals surface area contributed by atoms with E-state index in [1.54, 1.807) is 24.3 Å². The second-order valence-electron chi connectivity index (χ2n) is 9.13. The smallest absolute Gasteiger partial charge is 0.187 e. The van der Waals surface area contributed by atoms with Crippen molar-refractivity contribution < 1.29 is 8.78 Å². The molecule has 0 aliphatic rings. The van der Waals surface area contributed by atoms with Crippen molar-refractivity contribution in [3.63, 3.8) is 0 Å². The summed E-state index contributed by atoms with van der Waals surface area (Å²) >= 11 is 0. The van der Waals surface area contributed by atoms with Crippen LogP contribution in [0.1, 0.15) is 0 Å². The molecule has 0 saturated heterocycles. The minimum Gasteiger partial charge on any atom is -0.238 e. The molecule has 0 bridgehead atoms. The van der Waals surface area contributed by atoms with E-state index in [0.29, 0.717) is 34.3 Å². The van der Waals surface area contributed by atoms with Gasteiger partial charge in [0.25, 0.3) is 0 Å². The van der Waals surface area contributed by atoms with Crippen LogP contribution in [0.2, 0.25) is 0 Å². The molecule has 0 amide bonds. The Bertz CT molecular complexity index is 1760. The highest BCUT2D eigenvalue weighted by Gasteiger charge is 2.13. The molecule has 0 atom stereocenters. The standard InChI is InChI=1S/C34H20F2N4/c1-37-31-20-14-25(15-21-31)23-4-2-22(3-5-23)24-6-8-26(9-7-24)32-38-33(27-10-16-29(35)17-11-27)40-34(39-32)28-12-18-30(36)19-13-28/h2-21H. The number of halogens is 2. The van der Waals surface area contributed by atoms with Gasteiger partial charge >= 0.3 is 0 Å². The third kappa shape index (κ3) is 5.22. The molecule has 0 aliphatic heterocycles. The summed E-state index contributed by atoms with van der Waals surface area (Å²) in [6.07, 6.45) is 0. The Morgan fingerprint density at radius 2 is 0.625 bits per heavy atom. The van der Waals surface area contributed by atoms with E-state index in [-0.39, 0.29) is 11.6 Å². The minimum atomic E-state index is -0.349. The molecular weight excluding hydrogens is 502 g/mol. The van der Waals surface area contributed by atoms with E-state index in [0.717, 1.165) is 27.8 Å². The quantitative estimate of drug-likeness (QED) is 0.212. The lowest BCUT2D eigenvalue weighted by molar-refractivity contribution is 0.627. The van der Waals surface area contributed by atoms with Crippen molar-refractivity contribution in [2.24, 2.45) is 0 Å². The van der Waals surface area contributed by atoms with Gasteiger partial charge in [-0.1, -0.05) is 72.8 Å². The molecule has 1 heterocycles. The maximum absolute atomic E-state index is 13.5. The SMILES string of the molecule is [C-]#[N+]c1ccc(-c2ccc(-c3ccc(-c4nc(-c5ccc(F)cc5)nc(-c5ccc(F)cc5)n4)cc3)cc2)cc1. The van der Waals surface area contributed by atoms with Gasteiger partial charge in [-0.2, -0.15) is 0 Å². The molecule has 0 spiro atoms. The molecule has 40 heavy (non-hydrogen) atoms. The van der Waals surface area contributed by atoms with Crippen molar-refractivity contribution in [1.82, 2.24) is 15.0 Å². The fourth-order valence-electron chi connectivity index (χ4n) is 4.36. The topological polar surface area (TPSA) is 43.0 Å². The minimum absolute atomic E-state index is 0.349. The number of nitrogens with zero attached hydrogens (tertiary/aromatic N) is 4. The third-order valence-electron chi connectivity index (χ3n) is 6.53. The average molecular weight is 523 g/mol. The summed E-state index contributed by atoms with van der Waals surface area (Å²) in [6.45, 7) is 7.12. The molecule has 0 N–H and O–H groups in total. The number of rotatable bonds is 5. The van der Waals surface area contributed by atoms with Crippen LogP contribution in [-0.2, 0) is 0 Å². The van der Waals surface area contributed by atoms with E-state index in [9.17, 15) is 8.78 Å². The Labute approximate surface area is 230 Å². The highest BCUT2D eigenvalue weighted by Crippen LogP contribution is 2.29. The normalized spacial score (nSPS) is 10.7. The number of aromatic nitrogens is 3. The van der Waals surface area contributed by atoms with Gasteiger partial charge in [-0.3, -0.25) is 0 Å². The van der Waals surface area contributed by atoms with Crippen molar-refractivity contribution in [3.05, 3.63) is 144 Å². The Morgan fingerprint density at radius 1 is 0.375 bits per heavy atom. The number of hydrogen-bond acceptors (Lipinski definition) is 3. The van der Waals surface area contributed by atoms with Gasteiger partial charge in [-0.25, -0.2) is 28.6 Å². The second kappa shape index (κ2) is 10.7. The first-order valence-corrected chi connectivity index (χ1v) is 12.5. The van der Waals surface area contributed by atoms with Gasteiger partial charge < -0.3 is 0 Å². The predicted molar refractivity (Wildman–Crippen MR) is 153 cm³/mol. The molecule has 0 fully saturated rings. The van der Waals surface area contributed by atoms with Crippen LogP contribution >= 0.6 is 0 Å². The van der Waals surface area contributed by atoms with Crippen LogP contribution in [-0.4, -0.2) is 15.0 Å². The molecule has 6 rings (SSSR count). The summed E-state index contributed by atoms with van der Waals surface area (Å²) in [5, 5.41) is 0. The lowest BCUT2D eigenvalue weighted by Crippen LogP contribution is -2.00. The van der Waals surface area contributed by atoms with Gasteiger partial charge in [-0.15, -0.1) is 0 Å². The highest BCUT2D eigenvalue weighted by molar-refractivity contribution is 5.73. The molecule has 0 aliphatic carbocycles. The first kappa shape index (κ1) is 24.8. The van der Waals surface area contributed by atoms with Crippen LogP contribution in [0.5, 0.6) is 0 Å². The summed E-state index contributed by atoms with van der Waals surface area (Å²) in [4.78, 5) is 17.4. The first-order chi connectivity index (χ1) is 19.6. The molecule has 4 nitrogen and oxygen atoms in total.